The van der Waals surface area contributed by atoms with E-state index in [9.17, 15) is 4.79 Å². The van der Waals surface area contributed by atoms with Crippen molar-refractivity contribution in [1.82, 2.24) is 15.0 Å². The van der Waals surface area contributed by atoms with E-state index in [0.717, 1.165) is 49.7 Å². The molecule has 1 saturated heterocycles. The molecule has 6 heteroatoms. The van der Waals surface area contributed by atoms with Crippen LogP contribution in [-0.4, -0.2) is 54.2 Å². The maximum Gasteiger partial charge on any atom is 0.223 e. The Morgan fingerprint density at radius 3 is 2.68 bits per heavy atom. The van der Waals surface area contributed by atoms with Crippen LogP contribution in [0.15, 0.2) is 41.1 Å². The van der Waals surface area contributed by atoms with E-state index in [0.29, 0.717) is 6.42 Å². The minimum Gasteiger partial charge on any atom is -0.496 e. The lowest BCUT2D eigenvalue weighted by molar-refractivity contribution is -0.133. The second kappa shape index (κ2) is 8.16. The van der Waals surface area contributed by atoms with Crippen molar-refractivity contribution in [2.45, 2.75) is 25.8 Å². The van der Waals surface area contributed by atoms with Gasteiger partial charge < -0.3 is 14.2 Å². The third-order valence-electron chi connectivity index (χ3n) is 4.75. The van der Waals surface area contributed by atoms with E-state index < -0.39 is 0 Å². The van der Waals surface area contributed by atoms with Gasteiger partial charge in [-0.3, -0.25) is 9.69 Å². The highest BCUT2D eigenvalue weighted by molar-refractivity contribution is 5.77. The van der Waals surface area contributed by atoms with Crippen molar-refractivity contribution in [1.29, 1.82) is 0 Å². The minimum absolute atomic E-state index is 0.136. The van der Waals surface area contributed by atoms with Crippen LogP contribution in [0.5, 0.6) is 5.75 Å². The number of piperazine rings is 1. The molecule has 0 aliphatic carbocycles. The summed E-state index contributed by atoms with van der Waals surface area (Å²) >= 11 is 0. The quantitative estimate of drug-likeness (QED) is 0.807. The average molecular weight is 343 g/mol. The molecule has 6 nitrogen and oxygen atoms in total. The zero-order valence-electron chi connectivity index (χ0n) is 14.9. The van der Waals surface area contributed by atoms with Gasteiger partial charge >= 0.3 is 0 Å². The first-order valence-electron chi connectivity index (χ1n) is 8.69. The summed E-state index contributed by atoms with van der Waals surface area (Å²) < 4.78 is 10.3. The Morgan fingerprint density at radius 2 is 2.00 bits per heavy atom. The Hall–Kier alpha value is -2.34. The molecule has 2 heterocycles. The van der Waals surface area contributed by atoms with E-state index in [-0.39, 0.29) is 11.8 Å². The summed E-state index contributed by atoms with van der Waals surface area (Å²) in [7, 11) is 1.67. The number of carbonyl (C=O) groups is 1. The van der Waals surface area contributed by atoms with Crippen molar-refractivity contribution in [3.05, 3.63) is 47.9 Å². The lowest BCUT2D eigenvalue weighted by atomic mass is 9.96. The smallest absolute Gasteiger partial charge is 0.223 e. The molecule has 0 spiro atoms. The molecule has 0 saturated carbocycles. The van der Waals surface area contributed by atoms with Crippen LogP contribution in [0.4, 0.5) is 0 Å². The van der Waals surface area contributed by atoms with Gasteiger partial charge in [0.2, 0.25) is 5.91 Å². The van der Waals surface area contributed by atoms with Gasteiger partial charge in [0.15, 0.2) is 0 Å². The van der Waals surface area contributed by atoms with Gasteiger partial charge in [0.25, 0.3) is 0 Å². The fourth-order valence-corrected chi connectivity index (χ4v) is 3.28. The Kier molecular flexibility index (Phi) is 5.71. The molecule has 1 aromatic carbocycles. The van der Waals surface area contributed by atoms with E-state index >= 15 is 0 Å². The van der Waals surface area contributed by atoms with Crippen LogP contribution in [-0.2, 0) is 11.3 Å². The normalized spacial score (nSPS) is 16.6. The van der Waals surface area contributed by atoms with E-state index in [4.69, 9.17) is 9.26 Å². The van der Waals surface area contributed by atoms with E-state index in [1.807, 2.05) is 35.2 Å². The standard InChI is InChI=1S/C19H25N3O3/c1-15(17-5-3-4-6-18(17)24-2)13-19(23)22-10-8-21(9-11-22)14-16-7-12-25-20-16/h3-7,12,15H,8-11,13-14H2,1-2H3. The molecule has 25 heavy (non-hydrogen) atoms. The number of hydrogen-bond acceptors (Lipinski definition) is 5. The molecule has 1 fully saturated rings. The van der Waals surface area contributed by atoms with Crippen molar-refractivity contribution < 1.29 is 14.1 Å². The summed E-state index contributed by atoms with van der Waals surface area (Å²) in [5.74, 6) is 1.19. The number of amides is 1. The topological polar surface area (TPSA) is 58.8 Å². The highest BCUT2D eigenvalue weighted by Crippen LogP contribution is 2.29. The Balaban J connectivity index is 1.50. The van der Waals surface area contributed by atoms with Crippen LogP contribution in [0.1, 0.15) is 30.5 Å². The molecule has 0 bridgehead atoms. The van der Waals surface area contributed by atoms with Crippen molar-refractivity contribution in [2.24, 2.45) is 0 Å². The summed E-state index contributed by atoms with van der Waals surface area (Å²) in [4.78, 5) is 16.9. The van der Waals surface area contributed by atoms with Crippen LogP contribution < -0.4 is 4.74 Å². The van der Waals surface area contributed by atoms with Gasteiger partial charge in [-0.05, 0) is 17.5 Å². The number of rotatable bonds is 6. The van der Waals surface area contributed by atoms with Crippen molar-refractivity contribution in [3.8, 4) is 5.75 Å². The SMILES string of the molecule is COc1ccccc1C(C)CC(=O)N1CCN(Cc2ccon2)CC1. The van der Waals surface area contributed by atoms with Crippen molar-refractivity contribution in [2.75, 3.05) is 33.3 Å². The van der Waals surface area contributed by atoms with Crippen LogP contribution in [0, 0.1) is 0 Å². The zero-order chi connectivity index (χ0) is 17.6. The third-order valence-corrected chi connectivity index (χ3v) is 4.75. The van der Waals surface area contributed by atoms with Gasteiger partial charge in [-0.1, -0.05) is 30.3 Å². The van der Waals surface area contributed by atoms with Crippen molar-refractivity contribution in [3.63, 3.8) is 0 Å². The van der Waals surface area contributed by atoms with Crippen molar-refractivity contribution >= 4 is 5.91 Å². The van der Waals surface area contributed by atoms with Gasteiger partial charge in [0, 0.05) is 45.2 Å². The molecule has 1 aliphatic heterocycles. The Bertz CT molecular complexity index is 679. The first-order valence-corrected chi connectivity index (χ1v) is 8.69. The predicted molar refractivity (Wildman–Crippen MR) is 94.4 cm³/mol. The van der Waals surface area contributed by atoms with E-state index in [2.05, 4.69) is 17.0 Å². The highest BCUT2D eigenvalue weighted by atomic mass is 16.5. The summed E-state index contributed by atoms with van der Waals surface area (Å²) in [5, 5.41) is 3.94. The van der Waals surface area contributed by atoms with Gasteiger partial charge in [-0.2, -0.15) is 0 Å². The molecule has 134 valence electrons. The molecule has 0 N–H and O–H groups in total. The summed E-state index contributed by atoms with van der Waals surface area (Å²) in [5.41, 5.74) is 2.02. The molecule has 3 rings (SSSR count). The number of carbonyl (C=O) groups excluding carboxylic acids is 1. The maximum atomic E-state index is 12.6. The molecular formula is C19H25N3O3. The fraction of sp³-hybridized carbons (Fsp3) is 0.474. The van der Waals surface area contributed by atoms with Crippen LogP contribution >= 0.6 is 0 Å². The average Bonchev–Trinajstić information content (AvgIpc) is 3.15. The van der Waals surface area contributed by atoms with E-state index in [1.54, 1.807) is 13.4 Å². The van der Waals surface area contributed by atoms with Crippen LogP contribution in [0.25, 0.3) is 0 Å². The number of benzene rings is 1. The fourth-order valence-electron chi connectivity index (χ4n) is 3.28. The third kappa shape index (κ3) is 4.39. The largest absolute Gasteiger partial charge is 0.496 e. The van der Waals surface area contributed by atoms with E-state index in [1.165, 1.54) is 0 Å². The molecule has 2 aromatic rings. The van der Waals surface area contributed by atoms with Crippen LogP contribution in [0.2, 0.25) is 0 Å². The second-order valence-electron chi connectivity index (χ2n) is 6.49. The highest BCUT2D eigenvalue weighted by Gasteiger charge is 2.24. The zero-order valence-corrected chi connectivity index (χ0v) is 14.9. The molecule has 1 aliphatic rings. The van der Waals surface area contributed by atoms with Gasteiger partial charge in [0.05, 0.1) is 12.8 Å². The first kappa shape index (κ1) is 17.5. The minimum atomic E-state index is 0.136. The molecule has 1 aromatic heterocycles. The number of hydrogen-bond donors (Lipinski definition) is 0. The molecule has 0 radical (unpaired) electrons. The molecule has 1 atom stereocenters. The number of aromatic nitrogens is 1. The van der Waals surface area contributed by atoms with Gasteiger partial charge in [-0.15, -0.1) is 0 Å². The van der Waals surface area contributed by atoms with Gasteiger partial charge in [-0.25, -0.2) is 0 Å². The summed E-state index contributed by atoms with van der Waals surface area (Å²) in [6.07, 6.45) is 2.10. The number of methoxy groups -OCH3 is 1. The molecule has 1 amide bonds. The lowest BCUT2D eigenvalue weighted by Crippen LogP contribution is -2.48. The predicted octanol–water partition coefficient (Wildman–Crippen LogP) is 2.52. The molecular weight excluding hydrogens is 318 g/mol. The summed E-state index contributed by atoms with van der Waals surface area (Å²) in [6.45, 7) is 6.10. The lowest BCUT2D eigenvalue weighted by Gasteiger charge is -2.34. The number of para-hydroxylation sites is 1. The Labute approximate surface area is 148 Å². The molecule has 1 unspecified atom stereocenters. The second-order valence-corrected chi connectivity index (χ2v) is 6.49. The maximum absolute atomic E-state index is 12.6. The monoisotopic (exact) mass is 343 g/mol. The number of nitrogens with zero attached hydrogens (tertiary/aromatic N) is 3. The number of ether oxygens (including phenoxy) is 1. The van der Waals surface area contributed by atoms with Gasteiger partial charge in [0.1, 0.15) is 12.0 Å². The Morgan fingerprint density at radius 1 is 1.24 bits per heavy atom. The van der Waals surface area contributed by atoms with Crippen LogP contribution in [0.3, 0.4) is 0 Å². The summed E-state index contributed by atoms with van der Waals surface area (Å²) in [6, 6.07) is 9.80. The first-order chi connectivity index (χ1) is 12.2.